The molecule has 0 unspecified atom stereocenters. The van der Waals surface area contributed by atoms with Gasteiger partial charge in [-0.1, -0.05) is 31.2 Å². The average Bonchev–Trinajstić information content (AvgIpc) is 2.69. The summed E-state index contributed by atoms with van der Waals surface area (Å²) in [5, 5.41) is 13.2. The second kappa shape index (κ2) is 9.49. The minimum Gasteiger partial charge on any atom is -0.383 e. The van der Waals surface area contributed by atoms with Gasteiger partial charge in [-0.3, -0.25) is 9.69 Å². The number of aliphatic hydroxyl groups is 1. The first-order chi connectivity index (χ1) is 12.6. The van der Waals surface area contributed by atoms with Crippen molar-refractivity contribution in [2.24, 2.45) is 11.8 Å². The van der Waals surface area contributed by atoms with Crippen molar-refractivity contribution in [1.29, 1.82) is 0 Å². The lowest BCUT2D eigenvalue weighted by molar-refractivity contribution is -0.134. The van der Waals surface area contributed by atoms with Crippen molar-refractivity contribution >= 4 is 5.91 Å². The van der Waals surface area contributed by atoms with Gasteiger partial charge in [0, 0.05) is 26.3 Å². The molecular formula is C21H32N2O3. The van der Waals surface area contributed by atoms with Gasteiger partial charge in [-0.25, -0.2) is 0 Å². The predicted octanol–water partition coefficient (Wildman–Crippen LogP) is 2.32. The highest BCUT2D eigenvalue weighted by Gasteiger charge is 2.27. The Balaban J connectivity index is 1.53. The van der Waals surface area contributed by atoms with Gasteiger partial charge in [0.25, 0.3) is 0 Å². The fraction of sp³-hybridized carbons (Fsp3) is 0.667. The molecule has 0 saturated carbocycles. The molecule has 2 heterocycles. The van der Waals surface area contributed by atoms with Crippen LogP contribution < -0.4 is 5.32 Å². The standard InChI is InChI=1S/C21H32N2O3/c1-16-6-10-23(11-7-16)15-19-5-3-2-4-18(19)14-22-21(25)20(24)17-8-12-26-13-9-17/h2-5,16-17,20,24H,6-15H2,1H3,(H,22,25)/t20-/m1/s1. The highest BCUT2D eigenvalue weighted by molar-refractivity contribution is 5.80. The van der Waals surface area contributed by atoms with Crippen LogP contribution in [0.1, 0.15) is 43.7 Å². The number of hydrogen-bond acceptors (Lipinski definition) is 4. The van der Waals surface area contributed by atoms with Crippen LogP contribution in [0.25, 0.3) is 0 Å². The lowest BCUT2D eigenvalue weighted by Crippen LogP contribution is -2.41. The first kappa shape index (κ1) is 19.3. The number of aliphatic hydroxyl groups excluding tert-OH is 1. The Bertz CT molecular complexity index is 578. The van der Waals surface area contributed by atoms with E-state index in [4.69, 9.17) is 4.74 Å². The molecule has 0 bridgehead atoms. The number of nitrogens with zero attached hydrogens (tertiary/aromatic N) is 1. The molecule has 2 N–H and O–H groups in total. The van der Waals surface area contributed by atoms with E-state index in [1.54, 1.807) is 0 Å². The molecule has 0 aliphatic carbocycles. The summed E-state index contributed by atoms with van der Waals surface area (Å²) >= 11 is 0. The number of rotatable bonds is 6. The van der Waals surface area contributed by atoms with E-state index < -0.39 is 6.10 Å². The van der Waals surface area contributed by atoms with Gasteiger partial charge in [0.1, 0.15) is 6.10 Å². The maximum atomic E-state index is 12.3. The maximum absolute atomic E-state index is 12.3. The van der Waals surface area contributed by atoms with Gasteiger partial charge >= 0.3 is 0 Å². The van der Waals surface area contributed by atoms with Crippen LogP contribution in [0, 0.1) is 11.8 Å². The number of piperidine rings is 1. The number of carbonyl (C=O) groups excluding carboxylic acids is 1. The first-order valence-corrected chi connectivity index (χ1v) is 9.96. The molecule has 1 aromatic rings. The highest BCUT2D eigenvalue weighted by atomic mass is 16.5. The molecule has 5 heteroatoms. The van der Waals surface area contributed by atoms with E-state index in [2.05, 4.69) is 35.3 Å². The van der Waals surface area contributed by atoms with E-state index in [0.29, 0.717) is 19.8 Å². The molecular weight excluding hydrogens is 328 g/mol. The minimum atomic E-state index is -0.936. The van der Waals surface area contributed by atoms with Crippen molar-refractivity contribution in [1.82, 2.24) is 10.2 Å². The summed E-state index contributed by atoms with van der Waals surface area (Å²) < 4.78 is 5.31. The van der Waals surface area contributed by atoms with Crippen LogP contribution in [0.15, 0.2) is 24.3 Å². The number of amides is 1. The number of nitrogens with one attached hydrogen (secondary N) is 1. The topological polar surface area (TPSA) is 61.8 Å². The van der Waals surface area contributed by atoms with Gasteiger partial charge < -0.3 is 15.2 Å². The molecule has 1 aromatic carbocycles. The second-order valence-corrected chi connectivity index (χ2v) is 7.84. The van der Waals surface area contributed by atoms with E-state index in [1.165, 1.54) is 18.4 Å². The molecule has 5 nitrogen and oxygen atoms in total. The van der Waals surface area contributed by atoms with Gasteiger partial charge in [-0.2, -0.15) is 0 Å². The van der Waals surface area contributed by atoms with E-state index in [1.807, 2.05) is 6.07 Å². The number of likely N-dealkylation sites (tertiary alicyclic amines) is 1. The predicted molar refractivity (Wildman–Crippen MR) is 102 cm³/mol. The molecule has 0 spiro atoms. The van der Waals surface area contributed by atoms with E-state index in [9.17, 15) is 9.90 Å². The molecule has 144 valence electrons. The molecule has 1 atom stereocenters. The summed E-state index contributed by atoms with van der Waals surface area (Å²) in [6.45, 7) is 7.28. The Hall–Kier alpha value is -1.43. The van der Waals surface area contributed by atoms with Crippen LogP contribution in [-0.2, 0) is 22.6 Å². The minimum absolute atomic E-state index is 0.00864. The number of ether oxygens (including phenoxy) is 1. The third kappa shape index (κ3) is 5.29. The average molecular weight is 360 g/mol. The number of carbonyl (C=O) groups is 1. The number of hydrogen-bond donors (Lipinski definition) is 2. The van der Waals surface area contributed by atoms with Crippen molar-refractivity contribution < 1.29 is 14.6 Å². The molecule has 2 aliphatic heterocycles. The maximum Gasteiger partial charge on any atom is 0.249 e. The summed E-state index contributed by atoms with van der Waals surface area (Å²) in [6, 6.07) is 8.29. The zero-order valence-corrected chi connectivity index (χ0v) is 15.8. The van der Waals surface area contributed by atoms with Crippen LogP contribution in [-0.4, -0.2) is 48.3 Å². The number of benzene rings is 1. The SMILES string of the molecule is CC1CCN(Cc2ccccc2CNC(=O)[C@H](O)C2CCOCC2)CC1. The summed E-state index contributed by atoms with van der Waals surface area (Å²) in [5.74, 6) is 0.570. The largest absolute Gasteiger partial charge is 0.383 e. The van der Waals surface area contributed by atoms with Crippen LogP contribution >= 0.6 is 0 Å². The molecule has 26 heavy (non-hydrogen) atoms. The fourth-order valence-corrected chi connectivity index (χ4v) is 3.88. The van der Waals surface area contributed by atoms with Gasteiger partial charge in [-0.05, 0) is 61.7 Å². The van der Waals surface area contributed by atoms with E-state index in [0.717, 1.165) is 44.0 Å². The van der Waals surface area contributed by atoms with Crippen molar-refractivity contribution in [2.45, 2.75) is 51.8 Å². The van der Waals surface area contributed by atoms with Crippen molar-refractivity contribution in [3.63, 3.8) is 0 Å². The van der Waals surface area contributed by atoms with Crippen LogP contribution in [0.2, 0.25) is 0 Å². The van der Waals surface area contributed by atoms with Crippen LogP contribution in [0.5, 0.6) is 0 Å². The molecule has 2 saturated heterocycles. The first-order valence-electron chi connectivity index (χ1n) is 9.96. The summed E-state index contributed by atoms with van der Waals surface area (Å²) in [6.07, 6.45) is 3.08. The van der Waals surface area contributed by atoms with Crippen LogP contribution in [0.3, 0.4) is 0 Å². The van der Waals surface area contributed by atoms with Gasteiger partial charge in [0.05, 0.1) is 0 Å². The summed E-state index contributed by atoms with van der Waals surface area (Å²) in [4.78, 5) is 14.8. The summed E-state index contributed by atoms with van der Waals surface area (Å²) in [5.41, 5.74) is 2.40. The van der Waals surface area contributed by atoms with E-state index >= 15 is 0 Å². The Kier molecular flexibility index (Phi) is 7.06. The second-order valence-electron chi connectivity index (χ2n) is 7.84. The van der Waals surface area contributed by atoms with Gasteiger partial charge in [0.2, 0.25) is 5.91 Å². The monoisotopic (exact) mass is 360 g/mol. The highest BCUT2D eigenvalue weighted by Crippen LogP contribution is 2.21. The Morgan fingerprint density at radius 3 is 2.54 bits per heavy atom. The molecule has 0 radical (unpaired) electrons. The van der Waals surface area contributed by atoms with Gasteiger partial charge in [-0.15, -0.1) is 0 Å². The lowest BCUT2D eigenvalue weighted by Gasteiger charge is -2.30. The quantitative estimate of drug-likeness (QED) is 0.817. The zero-order valence-electron chi connectivity index (χ0n) is 15.8. The Labute approximate surface area is 156 Å². The third-order valence-corrected chi connectivity index (χ3v) is 5.82. The normalized spacial score (nSPS) is 21.5. The van der Waals surface area contributed by atoms with Crippen molar-refractivity contribution in [2.75, 3.05) is 26.3 Å². The molecule has 3 rings (SSSR count). The Morgan fingerprint density at radius 1 is 1.19 bits per heavy atom. The molecule has 0 aromatic heterocycles. The molecule has 2 aliphatic rings. The lowest BCUT2D eigenvalue weighted by atomic mass is 9.93. The van der Waals surface area contributed by atoms with Crippen LogP contribution in [0.4, 0.5) is 0 Å². The summed E-state index contributed by atoms with van der Waals surface area (Å²) in [7, 11) is 0. The third-order valence-electron chi connectivity index (χ3n) is 5.82. The smallest absolute Gasteiger partial charge is 0.249 e. The Morgan fingerprint density at radius 2 is 1.85 bits per heavy atom. The molecule has 1 amide bonds. The fourth-order valence-electron chi connectivity index (χ4n) is 3.88. The van der Waals surface area contributed by atoms with Gasteiger partial charge in [0.15, 0.2) is 0 Å². The molecule has 2 fully saturated rings. The van der Waals surface area contributed by atoms with E-state index in [-0.39, 0.29) is 11.8 Å². The van der Waals surface area contributed by atoms with Crippen molar-refractivity contribution in [3.8, 4) is 0 Å². The zero-order chi connectivity index (χ0) is 18.4. The van der Waals surface area contributed by atoms with Crippen molar-refractivity contribution in [3.05, 3.63) is 35.4 Å².